The number of quaternary nitrogens is 1. The number of nitrogens with one attached hydrogen (secondary N) is 4. The fourth-order valence-electron chi connectivity index (χ4n) is 6.76. The Kier molecular flexibility index (Phi) is 20.3. The number of nitrogens with zero attached hydrogens (tertiary/aromatic N) is 3. The number of benzene rings is 4. The number of hydrogen-bond donors (Lipinski definition) is 6. The molecule has 0 bridgehead atoms. The molecule has 2 aliphatic heterocycles. The van der Waals surface area contributed by atoms with Crippen molar-refractivity contribution in [3.63, 3.8) is 0 Å². The summed E-state index contributed by atoms with van der Waals surface area (Å²) in [6.07, 6.45) is -0.849. The van der Waals surface area contributed by atoms with Gasteiger partial charge in [-0.25, -0.2) is 23.2 Å². The van der Waals surface area contributed by atoms with E-state index >= 15 is 0 Å². The fraction of sp³-hybridized carbons (Fsp3) is 0.341. The van der Waals surface area contributed by atoms with E-state index in [0.29, 0.717) is 31.7 Å². The molecule has 4 aromatic carbocycles. The van der Waals surface area contributed by atoms with E-state index in [9.17, 15) is 42.9 Å². The number of halogens is 4. The van der Waals surface area contributed by atoms with Crippen LogP contribution in [0.2, 0.25) is 10.0 Å². The maximum absolute atomic E-state index is 13.9. The van der Waals surface area contributed by atoms with E-state index in [0.717, 1.165) is 17.7 Å². The number of carbonyl (C=O) groups is 5. The molecule has 0 radical (unpaired) electrons. The van der Waals surface area contributed by atoms with Gasteiger partial charge in [-0.15, -0.1) is 0 Å². The molecule has 354 valence electrons. The average Bonchev–Trinajstić information content (AvgIpc) is 3.31. The number of urea groups is 1. The standard InChI is InChI=1S/C27H24ClFN4O7.C15H21ClFN5O2.C2H6/c28-23-11-6-19(13-24(23)29)30-25(34)18-12-20(31-26(35)39-16-17-4-2-1-3-5-17)15-32(14-18)27(36)40-22-9-7-21(8-10-22)33(37)38;16-12-2-1-11(6-13(12)17)21-14(23)9-5-10(19)8-22(7-9)15(24)20-4-3-18;1-2/h1-11,13,18,20H,12,14-16H2,(H,30,34)(H,31,35);1-2,6,9-10H,3-5,7-8,18-19H2,(H,20,24)(H,21,23);1-2H3/p+1/t18-,20+;9-,10+;/m00./s1. The van der Waals surface area contributed by atoms with Gasteiger partial charge in [-0.05, 0) is 60.5 Å². The summed E-state index contributed by atoms with van der Waals surface area (Å²) >= 11 is 11.3. The largest absolute Gasteiger partial charge is 0.445 e. The number of amides is 6. The smallest absolute Gasteiger partial charge is 0.415 e. The highest BCUT2D eigenvalue weighted by Gasteiger charge is 2.37. The molecule has 66 heavy (non-hydrogen) atoms. The Hall–Kier alpha value is -6.61. The van der Waals surface area contributed by atoms with Gasteiger partial charge in [0.2, 0.25) is 11.8 Å². The van der Waals surface area contributed by atoms with Crippen molar-refractivity contribution in [2.24, 2.45) is 17.6 Å². The van der Waals surface area contributed by atoms with Crippen molar-refractivity contribution < 1.29 is 52.9 Å². The van der Waals surface area contributed by atoms with Gasteiger partial charge in [-0.2, -0.15) is 0 Å². The first-order chi connectivity index (χ1) is 31.6. The summed E-state index contributed by atoms with van der Waals surface area (Å²) in [7, 11) is 0. The Balaban J connectivity index is 0.000000313. The predicted octanol–water partition coefficient (Wildman–Crippen LogP) is 6.19. The Morgan fingerprint density at radius 1 is 0.803 bits per heavy atom. The van der Waals surface area contributed by atoms with Crippen LogP contribution >= 0.6 is 23.2 Å². The molecule has 6 amide bonds. The number of carbonyl (C=O) groups excluding carboxylic acids is 5. The highest BCUT2D eigenvalue weighted by atomic mass is 35.5. The zero-order valence-electron chi connectivity index (χ0n) is 36.1. The van der Waals surface area contributed by atoms with Crippen LogP contribution in [0.4, 0.5) is 40.2 Å². The number of rotatable bonds is 11. The SMILES string of the molecule is CC.NCCNC(=O)N1C[C@H]([NH3+])C[C@H](C(=O)Nc2ccc(Cl)c(F)c2)C1.O=C(N[C@@H]1C[C@H](C(=O)Nc2ccc(Cl)c(F)c2)CN(C(=O)Oc2ccc([N+](=O)[O-])cc2)C1)OCc1ccccc1. The third-order valence-corrected chi connectivity index (χ3v) is 10.5. The molecule has 18 nitrogen and oxygen atoms in total. The number of alkyl carbamates (subject to hydrolysis) is 1. The van der Waals surface area contributed by atoms with E-state index in [2.05, 4.69) is 27.0 Å². The molecule has 2 saturated heterocycles. The Bertz CT molecular complexity index is 2300. The van der Waals surface area contributed by atoms with Crippen LogP contribution in [-0.2, 0) is 20.9 Å². The van der Waals surface area contributed by atoms with E-state index in [1.165, 1.54) is 53.4 Å². The van der Waals surface area contributed by atoms with Crippen molar-refractivity contribution in [3.8, 4) is 5.75 Å². The molecule has 0 unspecified atom stereocenters. The number of ether oxygens (including phenoxy) is 2. The van der Waals surface area contributed by atoms with Gasteiger partial charge in [0, 0.05) is 62.7 Å². The molecule has 2 heterocycles. The Labute approximate surface area is 389 Å². The second-order valence-corrected chi connectivity index (χ2v) is 15.6. The molecule has 0 aliphatic carbocycles. The highest BCUT2D eigenvalue weighted by Crippen LogP contribution is 2.25. The number of nitrogens with two attached hydrogens (primary N) is 1. The van der Waals surface area contributed by atoms with E-state index in [1.54, 1.807) is 17.0 Å². The highest BCUT2D eigenvalue weighted by molar-refractivity contribution is 6.31. The van der Waals surface area contributed by atoms with Gasteiger partial charge in [-0.3, -0.25) is 19.7 Å². The number of nitro groups is 1. The van der Waals surface area contributed by atoms with Crippen LogP contribution in [0.15, 0.2) is 91.0 Å². The summed E-state index contributed by atoms with van der Waals surface area (Å²) in [5, 5.41) is 21.4. The summed E-state index contributed by atoms with van der Waals surface area (Å²) < 4.78 is 37.9. The number of nitro benzene ring substituents is 1. The van der Waals surface area contributed by atoms with Crippen molar-refractivity contribution in [2.45, 2.75) is 45.4 Å². The van der Waals surface area contributed by atoms with Crippen molar-refractivity contribution in [3.05, 3.63) is 128 Å². The van der Waals surface area contributed by atoms with Crippen LogP contribution in [0, 0.1) is 33.6 Å². The lowest BCUT2D eigenvalue weighted by atomic mass is 9.93. The molecule has 4 atom stereocenters. The van der Waals surface area contributed by atoms with Crippen molar-refractivity contribution in [1.82, 2.24) is 20.4 Å². The lowest BCUT2D eigenvalue weighted by Gasteiger charge is -2.36. The zero-order valence-corrected chi connectivity index (χ0v) is 37.7. The van der Waals surface area contributed by atoms with Gasteiger partial charge in [0.05, 0.1) is 39.4 Å². The first-order valence-corrected chi connectivity index (χ1v) is 21.6. The van der Waals surface area contributed by atoms with E-state index in [4.69, 9.17) is 38.4 Å². The molecule has 0 saturated carbocycles. The number of non-ortho nitro benzene ring substituents is 1. The van der Waals surface area contributed by atoms with Crippen LogP contribution < -0.4 is 37.5 Å². The summed E-state index contributed by atoms with van der Waals surface area (Å²) in [5.41, 5.74) is 10.4. The predicted molar refractivity (Wildman–Crippen MR) is 243 cm³/mol. The van der Waals surface area contributed by atoms with Gasteiger partial charge < -0.3 is 52.0 Å². The van der Waals surface area contributed by atoms with Gasteiger partial charge in [0.1, 0.15) is 30.0 Å². The van der Waals surface area contributed by atoms with E-state index in [-0.39, 0.29) is 77.8 Å². The molecule has 0 spiro atoms. The van der Waals surface area contributed by atoms with Gasteiger partial charge in [0.25, 0.3) is 5.69 Å². The minimum absolute atomic E-state index is 0.00556. The summed E-state index contributed by atoms with van der Waals surface area (Å²) in [4.78, 5) is 76.1. The van der Waals surface area contributed by atoms with Crippen LogP contribution in [0.1, 0.15) is 32.3 Å². The number of piperidine rings is 2. The first kappa shape index (κ1) is 52.0. The maximum atomic E-state index is 13.9. The lowest BCUT2D eigenvalue weighted by molar-refractivity contribution is -0.427. The van der Waals surface area contributed by atoms with Gasteiger partial charge in [-0.1, -0.05) is 67.4 Å². The van der Waals surface area contributed by atoms with Crippen molar-refractivity contribution >= 4 is 70.3 Å². The third-order valence-electron chi connectivity index (χ3n) is 9.86. The zero-order chi connectivity index (χ0) is 48.3. The molecule has 22 heteroatoms. The topological polar surface area (TPSA) is 255 Å². The second-order valence-electron chi connectivity index (χ2n) is 14.8. The molecule has 6 rings (SSSR count). The number of anilines is 2. The summed E-state index contributed by atoms with van der Waals surface area (Å²) in [6, 6.07) is 20.8. The lowest BCUT2D eigenvalue weighted by Crippen LogP contribution is -2.70. The van der Waals surface area contributed by atoms with Crippen molar-refractivity contribution in [2.75, 3.05) is 49.9 Å². The molecular weight excluding hydrogens is 907 g/mol. The summed E-state index contributed by atoms with van der Waals surface area (Å²) in [5.74, 6) is -3.26. The minimum Gasteiger partial charge on any atom is -0.445 e. The molecule has 2 aliphatic rings. The Morgan fingerprint density at radius 3 is 1.91 bits per heavy atom. The molecule has 9 N–H and O–H groups in total. The average molecular weight is 960 g/mol. The van der Waals surface area contributed by atoms with Crippen LogP contribution in [-0.4, -0.2) is 96.1 Å². The van der Waals surface area contributed by atoms with Gasteiger partial charge in [0.15, 0.2) is 0 Å². The molecule has 2 fully saturated rings. The van der Waals surface area contributed by atoms with E-state index < -0.39 is 52.5 Å². The van der Waals surface area contributed by atoms with Crippen LogP contribution in [0.3, 0.4) is 0 Å². The van der Waals surface area contributed by atoms with Crippen molar-refractivity contribution in [1.29, 1.82) is 0 Å². The normalized spacial score (nSPS) is 17.6. The monoisotopic (exact) mass is 958 g/mol. The number of likely N-dealkylation sites (tertiary alicyclic amines) is 2. The second kappa shape index (κ2) is 25.8. The van der Waals surface area contributed by atoms with E-state index in [1.807, 2.05) is 32.0 Å². The molecule has 0 aromatic heterocycles. The van der Waals surface area contributed by atoms with Crippen LogP contribution in [0.25, 0.3) is 0 Å². The van der Waals surface area contributed by atoms with Gasteiger partial charge >= 0.3 is 18.2 Å². The Morgan fingerprint density at radius 2 is 1.36 bits per heavy atom. The first-order valence-electron chi connectivity index (χ1n) is 20.8. The quantitative estimate of drug-likeness (QED) is 0.0735. The fourth-order valence-corrected chi connectivity index (χ4v) is 7.00. The minimum atomic E-state index is -0.826. The summed E-state index contributed by atoms with van der Waals surface area (Å²) in [6.45, 7) is 5.45. The molecule has 4 aromatic rings. The third kappa shape index (κ3) is 16.1. The maximum Gasteiger partial charge on any atom is 0.415 e. The number of hydrogen-bond acceptors (Lipinski definition) is 10. The van der Waals surface area contributed by atoms with Crippen LogP contribution in [0.5, 0.6) is 5.75 Å². The molecular formula is C44H52Cl2F2N9O9+.